The Morgan fingerprint density at radius 1 is 1.29 bits per heavy atom. The third-order valence-electron chi connectivity index (χ3n) is 4.49. The summed E-state index contributed by atoms with van der Waals surface area (Å²) in [6, 6.07) is 8.03. The van der Waals surface area contributed by atoms with E-state index in [9.17, 15) is 12.8 Å². The second-order valence-corrected chi connectivity index (χ2v) is 8.45. The fourth-order valence-electron chi connectivity index (χ4n) is 3.05. The Morgan fingerprint density at radius 3 is 2.64 bits per heavy atom. The molecule has 0 saturated carbocycles. The average Bonchev–Trinajstić information content (AvgIpc) is 3.23. The first-order valence-corrected chi connectivity index (χ1v) is 10.0. The number of methoxy groups -OCH3 is 1. The average molecular weight is 407 g/mol. The van der Waals surface area contributed by atoms with E-state index in [1.54, 1.807) is 36.7 Å². The molecule has 0 aliphatic rings. The standard InChI is InChI=1S/C19H22FN3O4S/c1-13-19(28(24,25)22(3)12-16-6-5-9-27-16)14(2)23(21-13)11-15-7-8-18(26-4)17(20)10-15/h5-10H,11-12H2,1-4H3. The Balaban J connectivity index is 1.89. The Bertz CT molecular complexity index is 1080. The van der Waals surface area contributed by atoms with Gasteiger partial charge in [-0.2, -0.15) is 9.40 Å². The lowest BCUT2D eigenvalue weighted by Crippen LogP contribution is -2.27. The summed E-state index contributed by atoms with van der Waals surface area (Å²) in [5.74, 6) is 0.218. The molecule has 150 valence electrons. The van der Waals surface area contributed by atoms with Gasteiger partial charge in [0.25, 0.3) is 0 Å². The van der Waals surface area contributed by atoms with Crippen LogP contribution in [0.3, 0.4) is 0 Å². The third kappa shape index (κ3) is 3.81. The Kier molecular flexibility index (Phi) is 5.57. The third-order valence-corrected chi connectivity index (χ3v) is 6.55. The molecule has 0 atom stereocenters. The van der Waals surface area contributed by atoms with Gasteiger partial charge in [-0.05, 0) is 43.7 Å². The minimum Gasteiger partial charge on any atom is -0.494 e. The first kappa shape index (κ1) is 20.1. The van der Waals surface area contributed by atoms with Gasteiger partial charge in [0.2, 0.25) is 10.0 Å². The van der Waals surface area contributed by atoms with Crippen molar-refractivity contribution in [2.24, 2.45) is 0 Å². The van der Waals surface area contributed by atoms with Gasteiger partial charge in [0.05, 0.1) is 37.9 Å². The molecular formula is C19H22FN3O4S. The van der Waals surface area contributed by atoms with Gasteiger partial charge >= 0.3 is 0 Å². The molecule has 1 aromatic carbocycles. The fourth-order valence-corrected chi connectivity index (χ4v) is 4.55. The number of halogens is 1. The normalized spacial score (nSPS) is 11.9. The number of nitrogens with zero attached hydrogens (tertiary/aromatic N) is 3. The van der Waals surface area contributed by atoms with Gasteiger partial charge in [0.1, 0.15) is 10.7 Å². The maximum absolute atomic E-state index is 13.9. The summed E-state index contributed by atoms with van der Waals surface area (Å²) >= 11 is 0. The van der Waals surface area contributed by atoms with Crippen LogP contribution in [0, 0.1) is 19.7 Å². The molecule has 2 heterocycles. The van der Waals surface area contributed by atoms with E-state index in [1.807, 2.05) is 0 Å². The predicted octanol–water partition coefficient (Wildman–Crippen LogP) is 3.11. The van der Waals surface area contributed by atoms with Gasteiger partial charge in [-0.15, -0.1) is 0 Å². The lowest BCUT2D eigenvalue weighted by Gasteiger charge is -2.16. The zero-order valence-corrected chi connectivity index (χ0v) is 17.0. The summed E-state index contributed by atoms with van der Waals surface area (Å²) < 4.78 is 53.0. The van der Waals surface area contributed by atoms with Gasteiger partial charge in [-0.3, -0.25) is 4.68 Å². The van der Waals surface area contributed by atoms with Crippen molar-refractivity contribution in [1.29, 1.82) is 0 Å². The van der Waals surface area contributed by atoms with Crippen molar-refractivity contribution in [3.05, 3.63) is 65.1 Å². The molecule has 0 bridgehead atoms. The maximum Gasteiger partial charge on any atom is 0.246 e. The molecule has 3 aromatic rings. The molecule has 2 aromatic heterocycles. The highest BCUT2D eigenvalue weighted by Gasteiger charge is 2.29. The maximum atomic E-state index is 13.9. The number of rotatable bonds is 7. The van der Waals surface area contributed by atoms with Gasteiger partial charge < -0.3 is 9.15 Å². The van der Waals surface area contributed by atoms with Gasteiger partial charge in [0.15, 0.2) is 11.6 Å². The minimum absolute atomic E-state index is 0.114. The number of furan rings is 1. The van der Waals surface area contributed by atoms with Crippen LogP contribution >= 0.6 is 0 Å². The van der Waals surface area contributed by atoms with Crippen LogP contribution in [0.2, 0.25) is 0 Å². The van der Waals surface area contributed by atoms with Crippen LogP contribution in [0.25, 0.3) is 0 Å². The molecule has 0 aliphatic carbocycles. The largest absolute Gasteiger partial charge is 0.494 e. The number of aryl methyl sites for hydroxylation is 1. The molecule has 0 spiro atoms. The van der Waals surface area contributed by atoms with Crippen molar-refractivity contribution in [3.8, 4) is 5.75 Å². The molecule has 0 aliphatic heterocycles. The molecule has 28 heavy (non-hydrogen) atoms. The molecular weight excluding hydrogens is 385 g/mol. The number of hydrogen-bond acceptors (Lipinski definition) is 5. The number of benzene rings is 1. The number of sulfonamides is 1. The lowest BCUT2D eigenvalue weighted by molar-refractivity contribution is 0.386. The van der Waals surface area contributed by atoms with E-state index in [4.69, 9.17) is 9.15 Å². The summed E-state index contributed by atoms with van der Waals surface area (Å²) in [4.78, 5) is 0.149. The van der Waals surface area contributed by atoms with Crippen molar-refractivity contribution < 1.29 is 22.0 Å². The zero-order valence-electron chi connectivity index (χ0n) is 16.1. The quantitative estimate of drug-likeness (QED) is 0.601. The van der Waals surface area contributed by atoms with Crippen molar-refractivity contribution in [3.63, 3.8) is 0 Å². The molecule has 7 nitrogen and oxygen atoms in total. The second-order valence-electron chi connectivity index (χ2n) is 6.47. The van der Waals surface area contributed by atoms with E-state index in [0.29, 0.717) is 22.7 Å². The van der Waals surface area contributed by atoms with E-state index in [-0.39, 0.29) is 23.7 Å². The molecule has 9 heteroatoms. The Morgan fingerprint density at radius 2 is 2.04 bits per heavy atom. The van der Waals surface area contributed by atoms with Crippen LogP contribution in [-0.2, 0) is 23.1 Å². The highest BCUT2D eigenvalue weighted by atomic mass is 32.2. The summed E-state index contributed by atoms with van der Waals surface area (Å²) in [6.07, 6.45) is 1.50. The first-order chi connectivity index (χ1) is 13.2. The molecule has 0 amide bonds. The van der Waals surface area contributed by atoms with E-state index in [1.165, 1.54) is 36.9 Å². The summed E-state index contributed by atoms with van der Waals surface area (Å²) in [7, 11) is -0.880. The van der Waals surface area contributed by atoms with Crippen molar-refractivity contribution >= 4 is 10.0 Å². The van der Waals surface area contributed by atoms with Gasteiger partial charge in [-0.25, -0.2) is 12.8 Å². The second kappa shape index (κ2) is 7.76. The molecule has 0 N–H and O–H groups in total. The Labute approximate surface area is 163 Å². The van der Waals surface area contributed by atoms with E-state index < -0.39 is 15.8 Å². The summed E-state index contributed by atoms with van der Waals surface area (Å²) in [5.41, 5.74) is 1.52. The molecule has 0 fully saturated rings. The molecule has 0 saturated heterocycles. The SMILES string of the molecule is COc1ccc(Cn2nc(C)c(S(=O)(=O)N(C)Cc3ccco3)c2C)cc1F. The van der Waals surface area contributed by atoms with E-state index >= 15 is 0 Å². The van der Waals surface area contributed by atoms with Crippen molar-refractivity contribution in [2.45, 2.75) is 31.8 Å². The predicted molar refractivity (Wildman–Crippen MR) is 101 cm³/mol. The molecule has 0 radical (unpaired) electrons. The van der Waals surface area contributed by atoms with E-state index in [2.05, 4.69) is 5.10 Å². The molecule has 3 rings (SSSR count). The fraction of sp³-hybridized carbons (Fsp3) is 0.316. The van der Waals surface area contributed by atoms with Crippen LogP contribution < -0.4 is 4.74 Å². The highest BCUT2D eigenvalue weighted by Crippen LogP contribution is 2.25. The van der Waals surface area contributed by atoms with Crippen molar-refractivity contribution in [1.82, 2.24) is 14.1 Å². The van der Waals surface area contributed by atoms with Crippen LogP contribution in [0.1, 0.15) is 22.7 Å². The zero-order chi connectivity index (χ0) is 20.5. The van der Waals surface area contributed by atoms with Crippen LogP contribution in [0.15, 0.2) is 45.9 Å². The van der Waals surface area contributed by atoms with Gasteiger partial charge in [-0.1, -0.05) is 6.07 Å². The number of hydrogen-bond donors (Lipinski definition) is 0. The van der Waals surface area contributed by atoms with Crippen LogP contribution in [0.5, 0.6) is 5.75 Å². The molecule has 0 unspecified atom stereocenters. The van der Waals surface area contributed by atoms with Gasteiger partial charge in [0, 0.05) is 7.05 Å². The topological polar surface area (TPSA) is 77.6 Å². The highest BCUT2D eigenvalue weighted by molar-refractivity contribution is 7.89. The smallest absolute Gasteiger partial charge is 0.246 e. The summed E-state index contributed by atoms with van der Waals surface area (Å²) in [6.45, 7) is 3.69. The number of aromatic nitrogens is 2. The van der Waals surface area contributed by atoms with Crippen molar-refractivity contribution in [2.75, 3.05) is 14.2 Å². The Hall–Kier alpha value is -2.65. The minimum atomic E-state index is -3.77. The number of ether oxygens (including phenoxy) is 1. The lowest BCUT2D eigenvalue weighted by atomic mass is 10.2. The first-order valence-electron chi connectivity index (χ1n) is 8.59. The van der Waals surface area contributed by atoms with Crippen LogP contribution in [0.4, 0.5) is 4.39 Å². The van der Waals surface area contributed by atoms with E-state index in [0.717, 1.165) is 0 Å². The van der Waals surface area contributed by atoms with Crippen LogP contribution in [-0.4, -0.2) is 36.7 Å². The summed E-state index contributed by atoms with van der Waals surface area (Å²) in [5, 5.41) is 4.36. The monoisotopic (exact) mass is 407 g/mol.